The molecule has 1 saturated heterocycles. The first-order chi connectivity index (χ1) is 13.7. The summed E-state index contributed by atoms with van der Waals surface area (Å²) in [7, 11) is 0. The molecular formula is C22H21ClN2O3. The van der Waals surface area contributed by atoms with Crippen LogP contribution in [0.1, 0.15) is 34.9 Å². The van der Waals surface area contributed by atoms with Gasteiger partial charge in [0.05, 0.1) is 6.20 Å². The van der Waals surface area contributed by atoms with Gasteiger partial charge in [-0.15, -0.1) is 0 Å². The molecule has 3 aromatic rings. The van der Waals surface area contributed by atoms with Gasteiger partial charge in [-0.1, -0.05) is 41.9 Å². The number of halogens is 1. The number of amides is 1. The van der Waals surface area contributed by atoms with Crippen LogP contribution in [0.25, 0.3) is 0 Å². The highest BCUT2D eigenvalue weighted by molar-refractivity contribution is 6.30. The summed E-state index contributed by atoms with van der Waals surface area (Å²) in [6, 6.07) is 17.3. The smallest absolute Gasteiger partial charge is 0.309 e. The maximum Gasteiger partial charge on any atom is 0.309 e. The van der Waals surface area contributed by atoms with E-state index in [1.54, 1.807) is 11.1 Å². The number of likely N-dealkylation sites (tertiary alicyclic amines) is 1. The molecule has 0 atom stereocenters. The maximum atomic E-state index is 12.7. The summed E-state index contributed by atoms with van der Waals surface area (Å²) in [6.45, 7) is 1.24. The van der Waals surface area contributed by atoms with Gasteiger partial charge in [-0.05, 0) is 29.8 Å². The molecule has 0 spiro atoms. The number of carbonyl (C=O) groups is 1. The second-order valence-electron chi connectivity index (χ2n) is 6.86. The Bertz CT molecular complexity index is 916. The van der Waals surface area contributed by atoms with Crippen molar-refractivity contribution in [1.29, 1.82) is 0 Å². The van der Waals surface area contributed by atoms with Crippen LogP contribution in [0, 0.1) is 0 Å². The number of hydrogen-bond donors (Lipinski definition) is 0. The Hall–Kier alpha value is -2.79. The third-order valence-corrected chi connectivity index (χ3v) is 5.06. The molecule has 1 amide bonds. The molecule has 0 bridgehead atoms. The Morgan fingerprint density at radius 2 is 1.82 bits per heavy atom. The minimum Gasteiger partial charge on any atom is -0.490 e. The van der Waals surface area contributed by atoms with E-state index in [1.807, 2.05) is 54.6 Å². The van der Waals surface area contributed by atoms with Crippen LogP contribution in [0.5, 0.6) is 5.75 Å². The van der Waals surface area contributed by atoms with E-state index in [0.717, 1.165) is 24.2 Å². The van der Waals surface area contributed by atoms with Gasteiger partial charge in [0, 0.05) is 37.4 Å². The molecule has 0 unspecified atom stereocenters. The third kappa shape index (κ3) is 4.54. The van der Waals surface area contributed by atoms with E-state index in [9.17, 15) is 4.79 Å². The number of benzene rings is 2. The van der Waals surface area contributed by atoms with Crippen molar-refractivity contribution >= 4 is 17.5 Å². The van der Waals surface area contributed by atoms with Crippen LogP contribution in [0.15, 0.2) is 65.2 Å². The highest BCUT2D eigenvalue weighted by atomic mass is 35.5. The Kier molecular flexibility index (Phi) is 5.63. The lowest BCUT2D eigenvalue weighted by Crippen LogP contribution is -2.41. The zero-order chi connectivity index (χ0) is 19.3. The van der Waals surface area contributed by atoms with Crippen LogP contribution < -0.4 is 4.74 Å². The van der Waals surface area contributed by atoms with Crippen molar-refractivity contribution < 1.29 is 13.9 Å². The zero-order valence-corrected chi connectivity index (χ0v) is 16.1. The van der Waals surface area contributed by atoms with Crippen molar-refractivity contribution in [1.82, 2.24) is 9.88 Å². The van der Waals surface area contributed by atoms with Crippen molar-refractivity contribution in [3.63, 3.8) is 0 Å². The van der Waals surface area contributed by atoms with E-state index in [2.05, 4.69) is 4.98 Å². The summed E-state index contributed by atoms with van der Waals surface area (Å²) in [5, 5.41) is 0.686. The molecule has 144 valence electrons. The molecule has 0 saturated carbocycles. The fourth-order valence-electron chi connectivity index (χ4n) is 3.30. The minimum atomic E-state index is -0.163. The molecular weight excluding hydrogens is 376 g/mol. The first kappa shape index (κ1) is 18.6. The normalized spacial score (nSPS) is 14.8. The quantitative estimate of drug-likeness (QED) is 0.632. The lowest BCUT2D eigenvalue weighted by atomic mass is 10.1. The monoisotopic (exact) mass is 396 g/mol. The largest absolute Gasteiger partial charge is 0.490 e. The van der Waals surface area contributed by atoms with Gasteiger partial charge in [0.15, 0.2) is 0 Å². The molecule has 1 aliphatic heterocycles. The molecule has 4 rings (SSSR count). The number of hydrogen-bond acceptors (Lipinski definition) is 4. The molecule has 0 aliphatic carbocycles. The first-order valence-corrected chi connectivity index (χ1v) is 9.75. The van der Waals surface area contributed by atoms with Crippen molar-refractivity contribution in [2.75, 3.05) is 13.1 Å². The van der Waals surface area contributed by atoms with E-state index in [4.69, 9.17) is 20.8 Å². The van der Waals surface area contributed by atoms with Crippen LogP contribution >= 0.6 is 11.6 Å². The highest BCUT2D eigenvalue weighted by Gasteiger charge is 2.27. The zero-order valence-electron chi connectivity index (χ0n) is 15.4. The standard InChI is InChI=1S/C22H21ClN2O3/c23-17-6-8-18(9-7-17)27-19-10-12-25(13-11-19)22(26)21-24-15-20(28-21)14-16-4-2-1-3-5-16/h1-9,15,19H,10-14H2. The number of rotatable bonds is 5. The predicted molar refractivity (Wildman–Crippen MR) is 107 cm³/mol. The molecule has 5 nitrogen and oxygen atoms in total. The molecule has 1 fully saturated rings. The fourth-order valence-corrected chi connectivity index (χ4v) is 3.43. The van der Waals surface area contributed by atoms with Gasteiger partial charge in [0.2, 0.25) is 0 Å². The maximum absolute atomic E-state index is 12.7. The van der Waals surface area contributed by atoms with E-state index >= 15 is 0 Å². The van der Waals surface area contributed by atoms with E-state index < -0.39 is 0 Å². The van der Waals surface area contributed by atoms with Gasteiger partial charge >= 0.3 is 5.91 Å². The number of ether oxygens (including phenoxy) is 1. The molecule has 2 heterocycles. The molecule has 1 aromatic heterocycles. The Labute approximate surface area is 168 Å². The number of piperidine rings is 1. The number of aromatic nitrogens is 1. The predicted octanol–water partition coefficient (Wildman–Crippen LogP) is 4.60. The van der Waals surface area contributed by atoms with E-state index in [0.29, 0.717) is 30.3 Å². The molecule has 1 aliphatic rings. The van der Waals surface area contributed by atoms with Crippen molar-refractivity contribution in [3.05, 3.63) is 83.0 Å². The minimum absolute atomic E-state index is 0.0865. The van der Waals surface area contributed by atoms with Crippen molar-refractivity contribution in [2.45, 2.75) is 25.4 Å². The Morgan fingerprint density at radius 1 is 1.11 bits per heavy atom. The topological polar surface area (TPSA) is 55.6 Å². The van der Waals surface area contributed by atoms with Crippen molar-refractivity contribution in [2.24, 2.45) is 0 Å². The van der Waals surface area contributed by atoms with Gasteiger partial charge in [0.25, 0.3) is 5.89 Å². The number of nitrogens with zero attached hydrogens (tertiary/aromatic N) is 2. The van der Waals surface area contributed by atoms with E-state index in [-0.39, 0.29) is 17.9 Å². The molecule has 28 heavy (non-hydrogen) atoms. The second kappa shape index (κ2) is 8.48. The average molecular weight is 397 g/mol. The first-order valence-electron chi connectivity index (χ1n) is 9.37. The molecule has 2 aromatic carbocycles. The molecule has 0 N–H and O–H groups in total. The number of carbonyl (C=O) groups excluding carboxylic acids is 1. The summed E-state index contributed by atoms with van der Waals surface area (Å²) >= 11 is 5.90. The molecule has 6 heteroatoms. The lowest BCUT2D eigenvalue weighted by Gasteiger charge is -2.31. The number of oxazole rings is 1. The van der Waals surface area contributed by atoms with Gasteiger partial charge in [-0.25, -0.2) is 4.98 Å². The van der Waals surface area contributed by atoms with Crippen LogP contribution in [-0.4, -0.2) is 35.0 Å². The average Bonchev–Trinajstić information content (AvgIpc) is 3.19. The van der Waals surface area contributed by atoms with Crippen molar-refractivity contribution in [3.8, 4) is 5.75 Å². The molecule has 0 radical (unpaired) electrons. The van der Waals surface area contributed by atoms with Crippen LogP contribution in [0.3, 0.4) is 0 Å². The second-order valence-corrected chi connectivity index (χ2v) is 7.29. The summed E-state index contributed by atoms with van der Waals surface area (Å²) in [6.07, 6.45) is 3.88. The third-order valence-electron chi connectivity index (χ3n) is 4.80. The van der Waals surface area contributed by atoms with E-state index in [1.165, 1.54) is 0 Å². The summed E-state index contributed by atoms with van der Waals surface area (Å²) < 4.78 is 11.7. The summed E-state index contributed by atoms with van der Waals surface area (Å²) in [4.78, 5) is 18.6. The SMILES string of the molecule is O=C(c1ncc(Cc2ccccc2)o1)N1CCC(Oc2ccc(Cl)cc2)CC1. The van der Waals surface area contributed by atoms with Crippen LogP contribution in [-0.2, 0) is 6.42 Å². The van der Waals surface area contributed by atoms with Crippen LogP contribution in [0.4, 0.5) is 0 Å². The highest BCUT2D eigenvalue weighted by Crippen LogP contribution is 2.22. The fraction of sp³-hybridized carbons (Fsp3) is 0.273. The van der Waals surface area contributed by atoms with Gasteiger partial charge in [-0.3, -0.25) is 4.79 Å². The Balaban J connectivity index is 1.31. The van der Waals surface area contributed by atoms with Crippen LogP contribution in [0.2, 0.25) is 5.02 Å². The van der Waals surface area contributed by atoms with Gasteiger partial charge < -0.3 is 14.1 Å². The van der Waals surface area contributed by atoms with Gasteiger partial charge in [0.1, 0.15) is 17.6 Å². The summed E-state index contributed by atoms with van der Waals surface area (Å²) in [5.74, 6) is 1.48. The summed E-state index contributed by atoms with van der Waals surface area (Å²) in [5.41, 5.74) is 1.12. The lowest BCUT2D eigenvalue weighted by molar-refractivity contribution is 0.0558. The van der Waals surface area contributed by atoms with Gasteiger partial charge in [-0.2, -0.15) is 0 Å². The Morgan fingerprint density at radius 3 is 2.54 bits per heavy atom.